The normalized spacial score (nSPS) is 16.8. The van der Waals surface area contributed by atoms with Gasteiger partial charge in [0.2, 0.25) is 0 Å². The molecule has 0 saturated carbocycles. The predicted octanol–water partition coefficient (Wildman–Crippen LogP) is 8.03. The molecule has 2 heterocycles. The Morgan fingerprint density at radius 3 is 1.69 bits per heavy atom. The zero-order valence-electron chi connectivity index (χ0n) is 33.0. The zero-order chi connectivity index (χ0) is 38.7. The summed E-state index contributed by atoms with van der Waals surface area (Å²) in [6.07, 6.45) is 1.90. The molecular formula is C52H48BrNO4. The fourth-order valence-corrected chi connectivity index (χ4v) is 9.22. The Balaban J connectivity index is 0.00000469. The number of methoxy groups -OCH3 is 2. The summed E-state index contributed by atoms with van der Waals surface area (Å²) in [5, 5.41) is 0. The first-order valence-electron chi connectivity index (χ1n) is 19.9. The number of benzene rings is 7. The zero-order valence-corrected chi connectivity index (χ0v) is 34.6. The minimum Gasteiger partial charge on any atom is -1.00 e. The summed E-state index contributed by atoms with van der Waals surface area (Å²) in [6.45, 7) is 3.35. The Morgan fingerprint density at radius 1 is 0.552 bits per heavy atom. The van der Waals surface area contributed by atoms with E-state index >= 15 is 0 Å². The van der Waals surface area contributed by atoms with E-state index in [-0.39, 0.29) is 23.0 Å². The molecular weight excluding hydrogens is 782 g/mol. The van der Waals surface area contributed by atoms with Crippen LogP contribution < -0.4 is 35.9 Å². The van der Waals surface area contributed by atoms with Gasteiger partial charge in [-0.2, -0.15) is 0 Å². The lowest BCUT2D eigenvalue weighted by atomic mass is 9.80. The first-order valence-corrected chi connectivity index (χ1v) is 19.9. The van der Waals surface area contributed by atoms with Crippen LogP contribution in [0.3, 0.4) is 0 Å². The Bertz CT molecular complexity index is 2350. The highest BCUT2D eigenvalue weighted by atomic mass is 79.9. The van der Waals surface area contributed by atoms with Gasteiger partial charge in [-0.15, -0.1) is 0 Å². The van der Waals surface area contributed by atoms with Gasteiger partial charge in [-0.05, 0) is 65.2 Å². The minimum absolute atomic E-state index is 0. The highest BCUT2D eigenvalue weighted by Gasteiger charge is 2.47. The van der Waals surface area contributed by atoms with Gasteiger partial charge in [0.05, 0.1) is 20.8 Å². The van der Waals surface area contributed by atoms with Crippen LogP contribution in [-0.4, -0.2) is 25.2 Å². The molecule has 58 heavy (non-hydrogen) atoms. The molecule has 2 aliphatic rings. The monoisotopic (exact) mass is 829 g/mol. The number of halogens is 1. The van der Waals surface area contributed by atoms with Gasteiger partial charge in [-0.3, -0.25) is 0 Å². The van der Waals surface area contributed by atoms with Crippen molar-refractivity contribution >= 4 is 0 Å². The quantitative estimate of drug-likeness (QED) is 0.0925. The van der Waals surface area contributed by atoms with Crippen molar-refractivity contribution in [2.24, 2.45) is 0 Å². The van der Waals surface area contributed by atoms with Crippen molar-refractivity contribution in [1.29, 1.82) is 0 Å². The molecule has 7 aromatic carbocycles. The number of hydrogen-bond acceptors (Lipinski definition) is 4. The minimum atomic E-state index is -0.842. The maximum Gasteiger partial charge on any atom is 0.184 e. The van der Waals surface area contributed by atoms with Crippen molar-refractivity contribution in [2.75, 3.05) is 20.8 Å². The van der Waals surface area contributed by atoms with Crippen molar-refractivity contribution in [3.05, 3.63) is 226 Å². The number of nitrogens with zero attached hydrogens (tertiary/aromatic N) is 1. The van der Waals surface area contributed by atoms with Crippen LogP contribution in [0.1, 0.15) is 56.1 Å². The van der Waals surface area contributed by atoms with E-state index in [4.69, 9.17) is 18.9 Å². The van der Waals surface area contributed by atoms with Gasteiger partial charge in [0, 0.05) is 46.2 Å². The van der Waals surface area contributed by atoms with E-state index in [2.05, 4.69) is 170 Å². The van der Waals surface area contributed by atoms with Crippen LogP contribution in [0.15, 0.2) is 176 Å². The van der Waals surface area contributed by atoms with Gasteiger partial charge in [0.15, 0.2) is 17.1 Å². The first kappa shape index (κ1) is 39.0. The van der Waals surface area contributed by atoms with E-state index in [1.165, 1.54) is 27.8 Å². The van der Waals surface area contributed by atoms with E-state index in [1.54, 1.807) is 14.2 Å². The number of rotatable bonds is 12. The molecule has 0 saturated heterocycles. The average molecular weight is 831 g/mol. The lowest BCUT2D eigenvalue weighted by Gasteiger charge is -2.51. The Kier molecular flexibility index (Phi) is 11.4. The van der Waals surface area contributed by atoms with Crippen molar-refractivity contribution in [2.45, 2.75) is 44.2 Å². The summed E-state index contributed by atoms with van der Waals surface area (Å²) >= 11 is 0. The number of quaternary nitrogens is 1. The molecule has 0 amide bonds. The molecule has 5 nitrogen and oxygen atoms in total. The molecule has 2 atom stereocenters. The number of fused-ring (bicyclic) bond motifs is 4. The summed E-state index contributed by atoms with van der Waals surface area (Å²) < 4.78 is 26.2. The van der Waals surface area contributed by atoms with Crippen LogP contribution in [0.4, 0.5) is 0 Å². The van der Waals surface area contributed by atoms with Crippen LogP contribution in [0.25, 0.3) is 0 Å². The van der Waals surface area contributed by atoms with Crippen LogP contribution in [-0.2, 0) is 38.1 Å². The Hall–Kier alpha value is -5.82. The van der Waals surface area contributed by atoms with Crippen molar-refractivity contribution < 1.29 is 40.4 Å². The van der Waals surface area contributed by atoms with E-state index in [0.717, 1.165) is 82.2 Å². The van der Waals surface area contributed by atoms with Gasteiger partial charge in [-0.1, -0.05) is 127 Å². The molecule has 2 aliphatic heterocycles. The average Bonchev–Trinajstić information content (AvgIpc) is 3.28. The molecule has 0 aliphatic carbocycles. The second-order valence-corrected chi connectivity index (χ2v) is 15.4. The van der Waals surface area contributed by atoms with Crippen molar-refractivity contribution in [3.8, 4) is 23.0 Å². The van der Waals surface area contributed by atoms with Crippen LogP contribution in [0.5, 0.6) is 23.0 Å². The Morgan fingerprint density at radius 2 is 1.10 bits per heavy atom. The molecule has 292 valence electrons. The largest absolute Gasteiger partial charge is 1.00 e. The summed E-state index contributed by atoms with van der Waals surface area (Å²) in [6, 6.07) is 62.3. The fourth-order valence-electron chi connectivity index (χ4n) is 9.22. The third-order valence-electron chi connectivity index (χ3n) is 12.0. The molecule has 0 spiro atoms. The smallest absolute Gasteiger partial charge is 0.184 e. The van der Waals surface area contributed by atoms with Gasteiger partial charge >= 0.3 is 0 Å². The lowest BCUT2D eigenvalue weighted by molar-refractivity contribution is -0.985. The molecule has 0 fully saturated rings. The summed E-state index contributed by atoms with van der Waals surface area (Å²) in [4.78, 5) is 0. The molecule has 0 aromatic heterocycles. The maximum absolute atomic E-state index is 7.27. The van der Waals surface area contributed by atoms with Crippen molar-refractivity contribution in [3.63, 3.8) is 0 Å². The first-order chi connectivity index (χ1) is 28.1. The molecule has 0 radical (unpaired) electrons. The van der Waals surface area contributed by atoms with Gasteiger partial charge < -0.3 is 40.4 Å². The highest BCUT2D eigenvalue weighted by Crippen LogP contribution is 2.49. The molecule has 7 aromatic rings. The van der Waals surface area contributed by atoms with E-state index < -0.39 is 5.60 Å². The summed E-state index contributed by atoms with van der Waals surface area (Å²) in [5.74, 6) is 3.31. The maximum atomic E-state index is 7.27. The van der Waals surface area contributed by atoms with Crippen LogP contribution in [0, 0.1) is 0 Å². The standard InChI is InChI=1S/C52H48NO4.BrH/c1-54-50-33-41-29-30-53(36-42-31-47(56-37-39-15-7-3-8-16-39)28-25-40(42)32-49(53)48(41)34-51(50)55-2)35-38-23-26-46(27-24-38)57-52(43-17-9-4-10-18-43,44-19-11-5-12-20-44)45-21-13-6-14-22-45;/h3-28,31,33-34,49H,29-30,32,35-37H2,1-2H3;1H/q+1;/p-1/t49-,53-;/m0./s1. The second kappa shape index (κ2) is 17.0. The van der Waals surface area contributed by atoms with Gasteiger partial charge in [0.1, 0.15) is 37.2 Å². The number of ether oxygens (including phenoxy) is 4. The highest BCUT2D eigenvalue weighted by molar-refractivity contribution is 5.51. The molecule has 9 rings (SSSR count). The summed E-state index contributed by atoms with van der Waals surface area (Å²) in [5.41, 5.74) is 10.3. The van der Waals surface area contributed by atoms with Gasteiger partial charge in [0.25, 0.3) is 0 Å². The third kappa shape index (κ3) is 7.50. The molecule has 0 bridgehead atoms. The van der Waals surface area contributed by atoms with E-state index in [1.807, 2.05) is 6.07 Å². The van der Waals surface area contributed by atoms with Crippen LogP contribution >= 0.6 is 0 Å². The molecule has 0 N–H and O–H groups in total. The van der Waals surface area contributed by atoms with Crippen LogP contribution in [0.2, 0.25) is 0 Å². The van der Waals surface area contributed by atoms with Gasteiger partial charge in [-0.25, -0.2) is 0 Å². The second-order valence-electron chi connectivity index (χ2n) is 15.4. The lowest BCUT2D eigenvalue weighted by Crippen LogP contribution is -3.00. The molecule has 0 unspecified atom stereocenters. The SMILES string of the molecule is COc1cc2c(cc1OC)[C@@H]1Cc3ccc(OCc4ccccc4)cc3C[N@@+]1(Cc1ccc(OC(c3ccccc3)(c3ccccc3)c3ccccc3)cc1)CC2.[Br-]. The van der Waals surface area contributed by atoms with E-state index in [9.17, 15) is 0 Å². The fraction of sp³-hybridized carbons (Fsp3) is 0.192. The topological polar surface area (TPSA) is 36.9 Å². The Labute approximate surface area is 352 Å². The molecule has 6 heteroatoms. The van der Waals surface area contributed by atoms with E-state index in [0.29, 0.717) is 6.61 Å². The van der Waals surface area contributed by atoms with Crippen molar-refractivity contribution in [1.82, 2.24) is 0 Å². The summed E-state index contributed by atoms with van der Waals surface area (Å²) in [7, 11) is 3.45. The third-order valence-corrected chi connectivity index (χ3v) is 12.0. The number of hydrogen-bond donors (Lipinski definition) is 0. The predicted molar refractivity (Wildman–Crippen MR) is 226 cm³/mol.